The molecule has 0 N–H and O–H groups in total. The van der Waals surface area contributed by atoms with Crippen LogP contribution in [-0.2, 0) is 0 Å². The topological polar surface area (TPSA) is 12.9 Å². The van der Waals surface area contributed by atoms with Gasteiger partial charge in [0.1, 0.15) is 0 Å². The zero-order valence-electron chi connectivity index (χ0n) is 11.3. The molecule has 0 aliphatic heterocycles. The Hall–Kier alpha value is -2.19. The van der Waals surface area contributed by atoms with Gasteiger partial charge in [-0.2, -0.15) is 0 Å². The lowest BCUT2D eigenvalue weighted by Gasteiger charge is -2.11. The maximum Gasteiger partial charge on any atom is 0.0786 e. The standard InChI is InChI=1S/C19H12BrN/c20-17-9-2-1-7-15(17)16-8-3-5-13-10-11-14-6-4-12-21-19(14)18(13)16/h1-12H. The van der Waals surface area contributed by atoms with Gasteiger partial charge in [0.05, 0.1) is 5.52 Å². The molecule has 0 bridgehead atoms. The Labute approximate surface area is 131 Å². The summed E-state index contributed by atoms with van der Waals surface area (Å²) in [5.74, 6) is 0. The highest BCUT2D eigenvalue weighted by molar-refractivity contribution is 9.10. The first-order valence-electron chi connectivity index (χ1n) is 6.86. The van der Waals surface area contributed by atoms with E-state index < -0.39 is 0 Å². The highest BCUT2D eigenvalue weighted by Gasteiger charge is 2.10. The molecular weight excluding hydrogens is 322 g/mol. The van der Waals surface area contributed by atoms with Crippen LogP contribution in [-0.4, -0.2) is 4.98 Å². The number of nitrogens with zero attached hydrogens (tertiary/aromatic N) is 1. The van der Waals surface area contributed by atoms with Crippen molar-refractivity contribution in [1.82, 2.24) is 4.98 Å². The van der Waals surface area contributed by atoms with E-state index in [1.165, 1.54) is 27.3 Å². The van der Waals surface area contributed by atoms with Gasteiger partial charge in [0.2, 0.25) is 0 Å². The first kappa shape index (κ1) is 12.5. The van der Waals surface area contributed by atoms with Gasteiger partial charge < -0.3 is 0 Å². The molecule has 0 saturated carbocycles. The van der Waals surface area contributed by atoms with Crippen molar-refractivity contribution >= 4 is 37.6 Å². The van der Waals surface area contributed by atoms with Gasteiger partial charge in [-0.05, 0) is 28.6 Å². The number of aromatic nitrogens is 1. The Balaban J connectivity index is 2.19. The summed E-state index contributed by atoms with van der Waals surface area (Å²) in [6, 6.07) is 23.1. The molecule has 0 aliphatic rings. The predicted molar refractivity (Wildman–Crippen MR) is 92.4 cm³/mol. The minimum atomic E-state index is 1.06. The number of hydrogen-bond donors (Lipinski definition) is 0. The van der Waals surface area contributed by atoms with E-state index in [0.29, 0.717) is 0 Å². The van der Waals surface area contributed by atoms with E-state index in [4.69, 9.17) is 0 Å². The average molecular weight is 334 g/mol. The lowest BCUT2D eigenvalue weighted by Crippen LogP contribution is -1.86. The van der Waals surface area contributed by atoms with Crippen LogP contribution >= 0.6 is 15.9 Å². The summed E-state index contributed by atoms with van der Waals surface area (Å²) in [6.45, 7) is 0. The lowest BCUT2D eigenvalue weighted by atomic mass is 9.96. The Morgan fingerprint density at radius 3 is 2.33 bits per heavy atom. The molecule has 21 heavy (non-hydrogen) atoms. The molecule has 2 heteroatoms. The number of fused-ring (bicyclic) bond motifs is 3. The molecule has 0 aliphatic carbocycles. The molecule has 0 saturated heterocycles. The van der Waals surface area contributed by atoms with E-state index in [2.05, 4.69) is 75.5 Å². The number of hydrogen-bond acceptors (Lipinski definition) is 1. The molecule has 1 heterocycles. The van der Waals surface area contributed by atoms with E-state index in [-0.39, 0.29) is 0 Å². The van der Waals surface area contributed by atoms with Crippen LogP contribution < -0.4 is 0 Å². The van der Waals surface area contributed by atoms with Crippen LogP contribution in [0.1, 0.15) is 0 Å². The van der Waals surface area contributed by atoms with Crippen molar-refractivity contribution < 1.29 is 0 Å². The molecule has 1 nitrogen and oxygen atoms in total. The molecule has 0 unspecified atom stereocenters. The summed E-state index contributed by atoms with van der Waals surface area (Å²) >= 11 is 3.66. The molecule has 0 fully saturated rings. The summed E-state index contributed by atoms with van der Waals surface area (Å²) in [7, 11) is 0. The summed E-state index contributed by atoms with van der Waals surface area (Å²) in [5.41, 5.74) is 3.46. The van der Waals surface area contributed by atoms with Crippen LogP contribution in [0.5, 0.6) is 0 Å². The zero-order valence-corrected chi connectivity index (χ0v) is 12.8. The molecular formula is C19H12BrN. The highest BCUT2D eigenvalue weighted by Crippen LogP contribution is 2.36. The minimum absolute atomic E-state index is 1.06. The van der Waals surface area contributed by atoms with Gasteiger partial charge in [0.25, 0.3) is 0 Å². The third-order valence-electron chi connectivity index (χ3n) is 3.78. The number of halogens is 1. The molecule has 0 spiro atoms. The zero-order chi connectivity index (χ0) is 14.2. The van der Waals surface area contributed by atoms with Gasteiger partial charge in [-0.15, -0.1) is 0 Å². The fourth-order valence-electron chi connectivity index (χ4n) is 2.82. The minimum Gasteiger partial charge on any atom is -0.256 e. The van der Waals surface area contributed by atoms with E-state index in [0.717, 1.165) is 9.99 Å². The quantitative estimate of drug-likeness (QED) is 0.400. The predicted octanol–water partition coefficient (Wildman–Crippen LogP) is 5.82. The Kier molecular flexibility index (Phi) is 2.97. The number of benzene rings is 3. The maximum absolute atomic E-state index is 4.61. The third kappa shape index (κ3) is 2.03. The van der Waals surface area contributed by atoms with Gasteiger partial charge in [0.15, 0.2) is 0 Å². The van der Waals surface area contributed by atoms with Crippen molar-refractivity contribution in [2.24, 2.45) is 0 Å². The van der Waals surface area contributed by atoms with Gasteiger partial charge in [0, 0.05) is 21.4 Å². The molecule has 1 aromatic heterocycles. The fourth-order valence-corrected chi connectivity index (χ4v) is 3.32. The van der Waals surface area contributed by atoms with Crippen molar-refractivity contribution in [1.29, 1.82) is 0 Å². The monoisotopic (exact) mass is 333 g/mol. The van der Waals surface area contributed by atoms with E-state index in [1.54, 1.807) is 0 Å². The molecule has 100 valence electrons. The first-order chi connectivity index (χ1) is 10.3. The van der Waals surface area contributed by atoms with Crippen molar-refractivity contribution in [3.05, 3.63) is 77.4 Å². The van der Waals surface area contributed by atoms with Gasteiger partial charge >= 0.3 is 0 Å². The average Bonchev–Trinajstić information content (AvgIpc) is 2.54. The van der Waals surface area contributed by atoms with Crippen LogP contribution in [0.15, 0.2) is 77.4 Å². The van der Waals surface area contributed by atoms with Gasteiger partial charge in [-0.1, -0.05) is 70.5 Å². The van der Waals surface area contributed by atoms with Crippen LogP contribution in [0.3, 0.4) is 0 Å². The third-order valence-corrected chi connectivity index (χ3v) is 4.47. The number of rotatable bonds is 1. The summed E-state index contributed by atoms with van der Waals surface area (Å²) in [5, 5.41) is 3.60. The molecule has 4 rings (SSSR count). The second-order valence-corrected chi connectivity index (χ2v) is 5.88. The fraction of sp³-hybridized carbons (Fsp3) is 0. The largest absolute Gasteiger partial charge is 0.256 e. The van der Waals surface area contributed by atoms with Gasteiger partial charge in [-0.3, -0.25) is 4.98 Å². The molecule has 4 aromatic rings. The molecule has 0 radical (unpaired) electrons. The maximum atomic E-state index is 4.61. The lowest BCUT2D eigenvalue weighted by molar-refractivity contribution is 1.43. The van der Waals surface area contributed by atoms with E-state index >= 15 is 0 Å². The van der Waals surface area contributed by atoms with Crippen LogP contribution in [0, 0.1) is 0 Å². The Morgan fingerprint density at radius 2 is 1.43 bits per heavy atom. The van der Waals surface area contributed by atoms with Crippen molar-refractivity contribution in [3.63, 3.8) is 0 Å². The smallest absolute Gasteiger partial charge is 0.0786 e. The second kappa shape index (κ2) is 4.97. The first-order valence-corrected chi connectivity index (χ1v) is 7.65. The van der Waals surface area contributed by atoms with Crippen LogP contribution in [0.4, 0.5) is 0 Å². The van der Waals surface area contributed by atoms with E-state index in [9.17, 15) is 0 Å². The van der Waals surface area contributed by atoms with Gasteiger partial charge in [-0.25, -0.2) is 0 Å². The normalized spacial score (nSPS) is 11.1. The second-order valence-electron chi connectivity index (χ2n) is 5.02. The highest BCUT2D eigenvalue weighted by atomic mass is 79.9. The van der Waals surface area contributed by atoms with Crippen molar-refractivity contribution in [3.8, 4) is 11.1 Å². The molecule has 3 aromatic carbocycles. The summed E-state index contributed by atoms with van der Waals surface area (Å²) < 4.78 is 1.10. The van der Waals surface area contributed by atoms with Crippen LogP contribution in [0.2, 0.25) is 0 Å². The number of pyridine rings is 1. The molecule has 0 amide bonds. The Morgan fingerprint density at radius 1 is 0.667 bits per heavy atom. The summed E-state index contributed by atoms with van der Waals surface area (Å²) in [4.78, 5) is 4.61. The SMILES string of the molecule is Brc1ccccc1-c1cccc2ccc3cccnc3c12. The van der Waals surface area contributed by atoms with Crippen molar-refractivity contribution in [2.45, 2.75) is 0 Å². The van der Waals surface area contributed by atoms with Crippen LogP contribution in [0.25, 0.3) is 32.8 Å². The Bertz CT molecular complexity index is 960. The van der Waals surface area contributed by atoms with E-state index in [1.807, 2.05) is 18.3 Å². The van der Waals surface area contributed by atoms with Crippen molar-refractivity contribution in [2.75, 3.05) is 0 Å². The summed E-state index contributed by atoms with van der Waals surface area (Å²) in [6.07, 6.45) is 1.86. The molecule has 0 atom stereocenters.